The molecule has 5 nitrogen and oxygen atoms in total. The molecule has 0 aliphatic heterocycles. The molecule has 0 atom stereocenters. The van der Waals surface area contributed by atoms with Crippen molar-refractivity contribution in [1.29, 1.82) is 0 Å². The fourth-order valence-corrected chi connectivity index (χ4v) is 2.22. The summed E-state index contributed by atoms with van der Waals surface area (Å²) in [6, 6.07) is 0. The Kier molecular flexibility index (Phi) is 3.55. The molecule has 0 unspecified atom stereocenters. The Balaban J connectivity index is 2.73. The number of H-pyrrole nitrogens is 1. The summed E-state index contributed by atoms with van der Waals surface area (Å²) >= 11 is 3.01. The molecule has 0 spiro atoms. The highest BCUT2D eigenvalue weighted by atomic mass is 79.9. The van der Waals surface area contributed by atoms with Crippen molar-refractivity contribution in [1.82, 2.24) is 9.97 Å². The maximum atomic E-state index is 12.8. The van der Waals surface area contributed by atoms with Gasteiger partial charge in [0.25, 0.3) is 5.78 Å². The van der Waals surface area contributed by atoms with E-state index in [1.807, 2.05) is 0 Å². The van der Waals surface area contributed by atoms with Gasteiger partial charge in [0.05, 0.1) is 18.2 Å². The number of hydrogen-bond acceptors (Lipinski definition) is 4. The third-order valence-corrected chi connectivity index (χ3v) is 3.15. The standard InChI is InChI=1S/C11H6BrF3N2O3/c1-20-10(19)8(18)4-2-16-7-6(4)5(12)3-17-9(7)11(13,14)15/h2-3,16H,1H3. The molecule has 0 fully saturated rings. The molecule has 0 bridgehead atoms. The minimum Gasteiger partial charge on any atom is -0.463 e. The molecule has 1 N–H and O–H groups in total. The Bertz CT molecular complexity index is 709. The molecule has 2 heterocycles. The van der Waals surface area contributed by atoms with Gasteiger partial charge in [0.2, 0.25) is 0 Å². The number of ether oxygens (including phenoxy) is 1. The summed E-state index contributed by atoms with van der Waals surface area (Å²) in [4.78, 5) is 28.6. The first kappa shape index (κ1) is 14.5. The topological polar surface area (TPSA) is 72.1 Å². The Labute approximate surface area is 118 Å². The summed E-state index contributed by atoms with van der Waals surface area (Å²) < 4.78 is 42.9. The van der Waals surface area contributed by atoms with Gasteiger partial charge in [-0.25, -0.2) is 9.78 Å². The largest absolute Gasteiger partial charge is 0.463 e. The maximum Gasteiger partial charge on any atom is 0.435 e. The number of esters is 1. The fourth-order valence-electron chi connectivity index (χ4n) is 1.71. The van der Waals surface area contributed by atoms with Crippen LogP contribution in [0.1, 0.15) is 16.1 Å². The van der Waals surface area contributed by atoms with Crippen molar-refractivity contribution in [3.05, 3.63) is 28.1 Å². The first-order valence-corrected chi connectivity index (χ1v) is 5.92. The number of nitrogens with zero attached hydrogens (tertiary/aromatic N) is 1. The summed E-state index contributed by atoms with van der Waals surface area (Å²) in [6.07, 6.45) is -2.74. The molecular formula is C11H6BrF3N2O3. The third-order valence-electron chi connectivity index (χ3n) is 2.55. The number of carbonyl (C=O) groups is 2. The fraction of sp³-hybridized carbons (Fsp3) is 0.182. The van der Waals surface area contributed by atoms with Crippen LogP contribution in [0.3, 0.4) is 0 Å². The highest BCUT2D eigenvalue weighted by molar-refractivity contribution is 9.10. The van der Waals surface area contributed by atoms with Crippen LogP contribution in [0.2, 0.25) is 0 Å². The van der Waals surface area contributed by atoms with Crippen LogP contribution in [0.15, 0.2) is 16.9 Å². The van der Waals surface area contributed by atoms with Crippen molar-refractivity contribution < 1.29 is 27.5 Å². The van der Waals surface area contributed by atoms with Crippen molar-refractivity contribution >= 4 is 38.6 Å². The lowest BCUT2D eigenvalue weighted by Crippen LogP contribution is -2.15. The van der Waals surface area contributed by atoms with Crippen molar-refractivity contribution in [3.63, 3.8) is 0 Å². The van der Waals surface area contributed by atoms with Crippen LogP contribution < -0.4 is 0 Å². The average molecular weight is 351 g/mol. The quantitative estimate of drug-likeness (QED) is 0.513. The molecular weight excluding hydrogens is 345 g/mol. The van der Waals surface area contributed by atoms with Crippen LogP contribution in [0.25, 0.3) is 10.9 Å². The van der Waals surface area contributed by atoms with E-state index < -0.39 is 23.6 Å². The van der Waals surface area contributed by atoms with Gasteiger partial charge in [-0.2, -0.15) is 13.2 Å². The molecule has 0 saturated heterocycles. The monoisotopic (exact) mass is 350 g/mol. The Morgan fingerprint density at radius 1 is 1.40 bits per heavy atom. The lowest BCUT2D eigenvalue weighted by atomic mass is 10.1. The van der Waals surface area contributed by atoms with Crippen molar-refractivity contribution in [2.24, 2.45) is 0 Å². The van der Waals surface area contributed by atoms with Crippen molar-refractivity contribution in [2.75, 3.05) is 7.11 Å². The number of aromatic nitrogens is 2. The molecule has 2 rings (SSSR count). The zero-order valence-corrected chi connectivity index (χ0v) is 11.4. The summed E-state index contributed by atoms with van der Waals surface area (Å²) in [7, 11) is 1.01. The molecule has 0 radical (unpaired) electrons. The SMILES string of the molecule is COC(=O)C(=O)c1c[nH]c2c(C(F)(F)F)ncc(Br)c12. The second kappa shape index (κ2) is 4.89. The predicted octanol–water partition coefficient (Wildman–Crippen LogP) is 2.70. The number of halogens is 4. The summed E-state index contributed by atoms with van der Waals surface area (Å²) in [5.74, 6) is -2.21. The molecule has 9 heteroatoms. The normalized spacial score (nSPS) is 11.7. The second-order valence-corrected chi connectivity index (χ2v) is 4.58. The first-order chi connectivity index (χ1) is 9.27. The van der Waals surface area contributed by atoms with Crippen LogP contribution >= 0.6 is 15.9 Å². The van der Waals surface area contributed by atoms with Crippen molar-refractivity contribution in [3.8, 4) is 0 Å². The lowest BCUT2D eigenvalue weighted by Gasteiger charge is -2.07. The van der Waals surface area contributed by atoms with Gasteiger partial charge in [0.15, 0.2) is 5.69 Å². The van der Waals surface area contributed by atoms with Gasteiger partial charge in [-0.3, -0.25) is 4.79 Å². The molecule has 2 aromatic heterocycles. The highest BCUT2D eigenvalue weighted by Gasteiger charge is 2.36. The van der Waals surface area contributed by atoms with Crippen molar-refractivity contribution in [2.45, 2.75) is 6.18 Å². The molecule has 0 aliphatic carbocycles. The van der Waals surface area contributed by atoms with Crippen LogP contribution in [-0.2, 0) is 15.7 Å². The van der Waals surface area contributed by atoms with Gasteiger partial charge in [0, 0.05) is 22.3 Å². The third kappa shape index (κ3) is 2.28. The van der Waals surface area contributed by atoms with Crippen LogP contribution in [0.5, 0.6) is 0 Å². The van der Waals surface area contributed by atoms with Gasteiger partial charge in [-0.1, -0.05) is 0 Å². The average Bonchev–Trinajstić information content (AvgIpc) is 2.81. The Morgan fingerprint density at radius 3 is 2.60 bits per heavy atom. The smallest absolute Gasteiger partial charge is 0.435 e. The molecule has 0 aromatic carbocycles. The van der Waals surface area contributed by atoms with E-state index >= 15 is 0 Å². The Morgan fingerprint density at radius 2 is 2.05 bits per heavy atom. The van der Waals surface area contributed by atoms with E-state index in [1.165, 1.54) is 0 Å². The molecule has 0 aliphatic rings. The number of nitrogens with one attached hydrogen (secondary N) is 1. The number of alkyl halides is 3. The van der Waals surface area contributed by atoms with E-state index in [0.29, 0.717) is 0 Å². The summed E-state index contributed by atoms with van der Waals surface area (Å²) in [5, 5.41) is -0.0669. The maximum absolute atomic E-state index is 12.8. The summed E-state index contributed by atoms with van der Waals surface area (Å²) in [6.45, 7) is 0. The highest BCUT2D eigenvalue weighted by Crippen LogP contribution is 2.36. The minimum absolute atomic E-state index is 0.0669. The molecule has 0 saturated carbocycles. The van der Waals surface area contributed by atoms with Gasteiger partial charge < -0.3 is 9.72 Å². The van der Waals surface area contributed by atoms with Crippen LogP contribution in [0.4, 0.5) is 13.2 Å². The van der Waals surface area contributed by atoms with Gasteiger partial charge in [0.1, 0.15) is 0 Å². The molecule has 106 valence electrons. The first-order valence-electron chi connectivity index (χ1n) is 5.12. The molecule has 0 amide bonds. The van der Waals surface area contributed by atoms with E-state index in [0.717, 1.165) is 19.5 Å². The van der Waals surface area contributed by atoms with E-state index in [1.54, 1.807) is 0 Å². The number of rotatable bonds is 2. The number of pyridine rings is 1. The van der Waals surface area contributed by atoms with Crippen LogP contribution in [0, 0.1) is 0 Å². The number of carbonyl (C=O) groups excluding carboxylic acids is 2. The second-order valence-electron chi connectivity index (χ2n) is 3.73. The summed E-state index contributed by atoms with van der Waals surface area (Å²) in [5.41, 5.74) is -1.76. The zero-order valence-electron chi connectivity index (χ0n) is 9.84. The number of fused-ring (bicyclic) bond motifs is 1. The lowest BCUT2D eigenvalue weighted by molar-refractivity contribution is -0.140. The zero-order chi connectivity index (χ0) is 15.1. The number of aromatic amines is 1. The van der Waals surface area contributed by atoms with Gasteiger partial charge >= 0.3 is 12.1 Å². The number of Topliss-reactive ketones (excluding diaryl/α,β-unsaturated/α-hetero) is 1. The number of methoxy groups -OCH3 is 1. The van der Waals surface area contributed by atoms with Gasteiger partial charge in [-0.15, -0.1) is 0 Å². The molecule has 2 aromatic rings. The van der Waals surface area contributed by atoms with E-state index in [2.05, 4.69) is 30.6 Å². The van der Waals surface area contributed by atoms with E-state index in [4.69, 9.17) is 0 Å². The molecule has 20 heavy (non-hydrogen) atoms. The minimum atomic E-state index is -4.69. The van der Waals surface area contributed by atoms with Crippen LogP contribution in [-0.4, -0.2) is 28.8 Å². The van der Waals surface area contributed by atoms with E-state index in [-0.39, 0.29) is 20.9 Å². The van der Waals surface area contributed by atoms with E-state index in [9.17, 15) is 22.8 Å². The predicted molar refractivity (Wildman–Crippen MR) is 65.1 cm³/mol. The van der Waals surface area contributed by atoms with Gasteiger partial charge in [-0.05, 0) is 15.9 Å². The Hall–Kier alpha value is -1.90. The number of ketones is 1. The number of hydrogen-bond donors (Lipinski definition) is 1.